The van der Waals surface area contributed by atoms with E-state index in [0.717, 1.165) is 16.8 Å². The Kier molecular flexibility index (Phi) is 4.18. The van der Waals surface area contributed by atoms with Crippen LogP contribution < -0.4 is 5.32 Å². The molecule has 0 aliphatic heterocycles. The Morgan fingerprint density at radius 1 is 1.24 bits per heavy atom. The lowest BCUT2D eigenvalue weighted by Gasteiger charge is -2.15. The van der Waals surface area contributed by atoms with Gasteiger partial charge >= 0.3 is 0 Å². The number of anilines is 1. The van der Waals surface area contributed by atoms with Gasteiger partial charge in [0.05, 0.1) is 16.3 Å². The molecule has 1 aromatic carbocycles. The molecule has 3 aromatic rings. The minimum Gasteiger partial charge on any atom is -0.396 e. The number of nitrogens with one attached hydrogen (secondary N) is 1. The van der Waals surface area contributed by atoms with E-state index in [4.69, 9.17) is 5.11 Å². The first-order valence-corrected chi connectivity index (χ1v) is 7.94. The first kappa shape index (κ1) is 14.0. The van der Waals surface area contributed by atoms with Crippen molar-refractivity contribution in [2.45, 2.75) is 19.4 Å². The molecule has 2 heterocycles. The summed E-state index contributed by atoms with van der Waals surface area (Å²) < 4.78 is 1.22. The molecule has 21 heavy (non-hydrogen) atoms. The number of aromatic nitrogens is 1. The van der Waals surface area contributed by atoms with E-state index in [-0.39, 0.29) is 12.6 Å². The zero-order chi connectivity index (χ0) is 14.7. The van der Waals surface area contributed by atoms with Crippen LogP contribution in [0.1, 0.15) is 24.1 Å². The highest BCUT2D eigenvalue weighted by atomic mass is 32.1. The van der Waals surface area contributed by atoms with Crippen molar-refractivity contribution in [3.63, 3.8) is 0 Å². The third-order valence-corrected chi connectivity index (χ3v) is 4.41. The Morgan fingerprint density at radius 3 is 2.81 bits per heavy atom. The maximum atomic E-state index is 8.93. The molecule has 3 rings (SSSR count). The summed E-state index contributed by atoms with van der Waals surface area (Å²) in [4.78, 5) is 4.48. The molecule has 4 heteroatoms. The maximum absolute atomic E-state index is 8.93. The van der Waals surface area contributed by atoms with Crippen LogP contribution in [0, 0.1) is 0 Å². The van der Waals surface area contributed by atoms with Crippen molar-refractivity contribution in [2.24, 2.45) is 0 Å². The van der Waals surface area contributed by atoms with Gasteiger partial charge in [-0.2, -0.15) is 0 Å². The van der Waals surface area contributed by atoms with Crippen LogP contribution in [0.25, 0.3) is 10.2 Å². The highest BCUT2D eigenvalue weighted by Gasteiger charge is 2.07. The Morgan fingerprint density at radius 2 is 2.05 bits per heavy atom. The van der Waals surface area contributed by atoms with Crippen LogP contribution in [-0.2, 0) is 6.42 Å². The molecule has 0 aliphatic carbocycles. The number of rotatable bonds is 5. The van der Waals surface area contributed by atoms with Crippen molar-refractivity contribution in [2.75, 3.05) is 11.9 Å². The van der Waals surface area contributed by atoms with E-state index in [2.05, 4.69) is 40.8 Å². The van der Waals surface area contributed by atoms with Gasteiger partial charge in [0.25, 0.3) is 0 Å². The van der Waals surface area contributed by atoms with E-state index in [1.54, 1.807) is 11.3 Å². The first-order valence-electron chi connectivity index (χ1n) is 7.06. The summed E-state index contributed by atoms with van der Waals surface area (Å²) in [5.74, 6) is 0. The lowest BCUT2D eigenvalue weighted by Crippen LogP contribution is -2.06. The summed E-state index contributed by atoms with van der Waals surface area (Å²) in [7, 11) is 0. The smallest absolute Gasteiger partial charge is 0.0809 e. The zero-order valence-electron chi connectivity index (χ0n) is 11.9. The fourth-order valence-corrected chi connectivity index (χ4v) is 3.12. The Bertz CT molecular complexity index is 721. The summed E-state index contributed by atoms with van der Waals surface area (Å²) in [5, 5.41) is 14.5. The molecule has 0 spiro atoms. The molecule has 0 radical (unpaired) electrons. The number of aliphatic hydroxyl groups excluding tert-OH is 1. The number of benzene rings is 1. The molecule has 0 bridgehead atoms. The number of nitrogens with zero attached hydrogens (tertiary/aromatic N) is 1. The summed E-state index contributed by atoms with van der Waals surface area (Å²) in [5.41, 5.74) is 4.47. The van der Waals surface area contributed by atoms with E-state index in [1.165, 1.54) is 10.3 Å². The second-order valence-electron chi connectivity index (χ2n) is 5.11. The molecule has 1 atom stereocenters. The Labute approximate surface area is 128 Å². The number of pyridine rings is 1. The zero-order valence-corrected chi connectivity index (χ0v) is 12.7. The summed E-state index contributed by atoms with van der Waals surface area (Å²) in [6, 6.07) is 12.6. The topological polar surface area (TPSA) is 45.1 Å². The molecule has 0 aliphatic rings. The summed E-state index contributed by atoms with van der Waals surface area (Å²) in [6.07, 6.45) is 2.64. The van der Waals surface area contributed by atoms with Gasteiger partial charge in [0.15, 0.2) is 0 Å². The minimum absolute atomic E-state index is 0.190. The van der Waals surface area contributed by atoms with E-state index in [0.29, 0.717) is 6.42 Å². The van der Waals surface area contributed by atoms with Crippen LogP contribution in [-0.4, -0.2) is 16.7 Å². The van der Waals surface area contributed by atoms with Crippen LogP contribution in [0.4, 0.5) is 5.69 Å². The molecule has 1 unspecified atom stereocenters. The largest absolute Gasteiger partial charge is 0.396 e. The normalized spacial score (nSPS) is 12.5. The van der Waals surface area contributed by atoms with Crippen molar-refractivity contribution in [3.8, 4) is 0 Å². The number of aliphatic hydroxyl groups is 1. The molecular formula is C17H18N2OS. The monoisotopic (exact) mass is 298 g/mol. The Balaban J connectivity index is 1.73. The van der Waals surface area contributed by atoms with Gasteiger partial charge < -0.3 is 10.4 Å². The highest BCUT2D eigenvalue weighted by molar-refractivity contribution is 7.17. The van der Waals surface area contributed by atoms with E-state index in [9.17, 15) is 0 Å². The molecule has 108 valence electrons. The molecule has 0 amide bonds. The highest BCUT2D eigenvalue weighted by Crippen LogP contribution is 2.25. The molecule has 2 aromatic heterocycles. The Hall–Kier alpha value is -1.91. The van der Waals surface area contributed by atoms with Crippen molar-refractivity contribution in [1.82, 2.24) is 4.98 Å². The first-order chi connectivity index (χ1) is 10.3. The predicted molar refractivity (Wildman–Crippen MR) is 88.9 cm³/mol. The van der Waals surface area contributed by atoms with E-state index >= 15 is 0 Å². The van der Waals surface area contributed by atoms with Gasteiger partial charge in [-0.15, -0.1) is 11.3 Å². The van der Waals surface area contributed by atoms with Crippen LogP contribution in [0.5, 0.6) is 0 Å². The molecular weight excluding hydrogens is 280 g/mol. The number of thiophene rings is 1. The van der Waals surface area contributed by atoms with Crippen LogP contribution in [0.15, 0.2) is 48.0 Å². The molecule has 0 saturated heterocycles. The number of hydrogen-bond acceptors (Lipinski definition) is 4. The second kappa shape index (κ2) is 6.24. The second-order valence-corrected chi connectivity index (χ2v) is 6.06. The van der Waals surface area contributed by atoms with Gasteiger partial charge in [0.2, 0.25) is 0 Å². The number of fused-ring (bicyclic) bond motifs is 1. The van der Waals surface area contributed by atoms with Gasteiger partial charge in [-0.3, -0.25) is 4.98 Å². The average molecular weight is 298 g/mol. The summed E-state index contributed by atoms with van der Waals surface area (Å²) >= 11 is 1.72. The lowest BCUT2D eigenvalue weighted by molar-refractivity contribution is 0.299. The van der Waals surface area contributed by atoms with Crippen molar-refractivity contribution >= 4 is 27.2 Å². The quantitative estimate of drug-likeness (QED) is 0.748. The molecule has 2 N–H and O–H groups in total. The van der Waals surface area contributed by atoms with Crippen LogP contribution in [0.3, 0.4) is 0 Å². The fraction of sp³-hybridized carbons (Fsp3) is 0.235. The van der Waals surface area contributed by atoms with Gasteiger partial charge in [-0.1, -0.05) is 12.1 Å². The number of hydrogen-bond donors (Lipinski definition) is 2. The van der Waals surface area contributed by atoms with Crippen molar-refractivity contribution < 1.29 is 5.11 Å². The average Bonchev–Trinajstić information content (AvgIpc) is 2.97. The SMILES string of the molecule is CC(Nc1ccc(CCO)cc1)c1cnc2ccsc2c1. The van der Waals surface area contributed by atoms with Gasteiger partial charge in [0, 0.05) is 18.5 Å². The van der Waals surface area contributed by atoms with Crippen LogP contribution >= 0.6 is 11.3 Å². The van der Waals surface area contributed by atoms with Crippen molar-refractivity contribution in [1.29, 1.82) is 0 Å². The predicted octanol–water partition coefficient (Wildman–Crippen LogP) is 4.00. The van der Waals surface area contributed by atoms with Gasteiger partial charge in [-0.25, -0.2) is 0 Å². The standard InChI is InChI=1S/C17H18N2OS/c1-12(14-10-17-16(18-11-14)7-9-21-17)19-15-4-2-13(3-5-15)6-8-20/h2-5,7,9-12,19-20H,6,8H2,1H3. The van der Waals surface area contributed by atoms with E-state index < -0.39 is 0 Å². The maximum Gasteiger partial charge on any atom is 0.0809 e. The lowest BCUT2D eigenvalue weighted by atomic mass is 10.1. The van der Waals surface area contributed by atoms with Crippen molar-refractivity contribution in [3.05, 3.63) is 59.1 Å². The van der Waals surface area contributed by atoms with Crippen LogP contribution in [0.2, 0.25) is 0 Å². The van der Waals surface area contributed by atoms with Gasteiger partial charge in [0.1, 0.15) is 0 Å². The minimum atomic E-state index is 0.190. The molecule has 3 nitrogen and oxygen atoms in total. The molecule has 0 fully saturated rings. The fourth-order valence-electron chi connectivity index (χ4n) is 2.33. The summed E-state index contributed by atoms with van der Waals surface area (Å²) in [6.45, 7) is 2.33. The third kappa shape index (κ3) is 3.23. The van der Waals surface area contributed by atoms with Gasteiger partial charge in [-0.05, 0) is 54.1 Å². The van der Waals surface area contributed by atoms with E-state index in [1.807, 2.05) is 24.4 Å². The third-order valence-electron chi connectivity index (χ3n) is 3.56. The molecule has 0 saturated carbocycles.